The summed E-state index contributed by atoms with van der Waals surface area (Å²) in [4.78, 5) is 0. The molecule has 1 aliphatic carbocycles. The Labute approximate surface area is 113 Å². The zero-order valence-electron chi connectivity index (χ0n) is 11.5. The summed E-state index contributed by atoms with van der Waals surface area (Å²) < 4.78 is 0. The molecule has 0 atom stereocenters. The van der Waals surface area contributed by atoms with Gasteiger partial charge in [0.05, 0.1) is 5.69 Å². The molecule has 19 heavy (non-hydrogen) atoms. The maximum absolute atomic E-state index is 5.83. The molecule has 1 heterocycles. The average Bonchev–Trinajstić information content (AvgIpc) is 2.35. The third kappa shape index (κ3) is 1.99. The van der Waals surface area contributed by atoms with Gasteiger partial charge in [0.2, 0.25) is 0 Å². The molecule has 0 spiro atoms. The second kappa shape index (κ2) is 4.65. The fourth-order valence-corrected chi connectivity index (χ4v) is 2.67. The Morgan fingerprint density at radius 2 is 1.79 bits per heavy atom. The number of hydrogen-bond donors (Lipinski definition) is 1. The predicted molar refractivity (Wildman–Crippen MR) is 77.9 cm³/mol. The van der Waals surface area contributed by atoms with Crippen LogP contribution in [-0.2, 0) is 0 Å². The van der Waals surface area contributed by atoms with Gasteiger partial charge < -0.3 is 5.73 Å². The quantitative estimate of drug-likeness (QED) is 0.889. The normalized spacial score (nSPS) is 15.3. The maximum atomic E-state index is 5.83. The van der Waals surface area contributed by atoms with Gasteiger partial charge in [0.15, 0.2) is 0 Å². The number of rotatable bonds is 2. The van der Waals surface area contributed by atoms with Crippen LogP contribution in [0.1, 0.15) is 41.9 Å². The molecule has 98 valence electrons. The van der Waals surface area contributed by atoms with Crippen LogP contribution in [0.4, 0.5) is 5.82 Å². The van der Waals surface area contributed by atoms with Crippen molar-refractivity contribution in [1.82, 2.24) is 10.2 Å². The first-order chi connectivity index (χ1) is 9.18. The standard InChI is InChI=1S/C16H19N3/c1-10-11(2)16(17)19-18-15(10)14-9-4-3-8-13(14)12-6-5-7-12/h3-4,8-9,12H,5-7H2,1-2H3,(H2,17,19). The Morgan fingerprint density at radius 1 is 1.05 bits per heavy atom. The fourth-order valence-electron chi connectivity index (χ4n) is 2.67. The fraction of sp³-hybridized carbons (Fsp3) is 0.375. The first kappa shape index (κ1) is 12.2. The number of hydrogen-bond acceptors (Lipinski definition) is 3. The van der Waals surface area contributed by atoms with Crippen molar-refractivity contribution < 1.29 is 0 Å². The molecule has 1 aromatic carbocycles. The molecule has 1 aromatic heterocycles. The van der Waals surface area contributed by atoms with Crippen molar-refractivity contribution in [2.24, 2.45) is 0 Å². The zero-order valence-corrected chi connectivity index (χ0v) is 11.5. The molecule has 1 saturated carbocycles. The highest BCUT2D eigenvalue weighted by Crippen LogP contribution is 2.41. The maximum Gasteiger partial charge on any atom is 0.149 e. The SMILES string of the molecule is Cc1c(N)nnc(-c2ccccc2C2CCC2)c1C. The zero-order chi connectivity index (χ0) is 13.4. The highest BCUT2D eigenvalue weighted by Gasteiger charge is 2.23. The van der Waals surface area contributed by atoms with E-state index in [9.17, 15) is 0 Å². The van der Waals surface area contributed by atoms with Crippen LogP contribution < -0.4 is 5.73 Å². The van der Waals surface area contributed by atoms with Crippen molar-refractivity contribution in [3.63, 3.8) is 0 Å². The van der Waals surface area contributed by atoms with Gasteiger partial charge in [-0.1, -0.05) is 30.7 Å². The van der Waals surface area contributed by atoms with Crippen molar-refractivity contribution in [3.8, 4) is 11.3 Å². The Hall–Kier alpha value is -1.90. The van der Waals surface area contributed by atoms with Crippen LogP contribution in [0, 0.1) is 13.8 Å². The van der Waals surface area contributed by atoms with Crippen molar-refractivity contribution >= 4 is 5.82 Å². The van der Waals surface area contributed by atoms with Gasteiger partial charge in [-0.3, -0.25) is 0 Å². The second-order valence-electron chi connectivity index (χ2n) is 5.40. The first-order valence-corrected chi connectivity index (χ1v) is 6.87. The minimum atomic E-state index is 0.530. The first-order valence-electron chi connectivity index (χ1n) is 6.87. The summed E-state index contributed by atoms with van der Waals surface area (Å²) in [6, 6.07) is 8.57. The molecule has 0 unspecified atom stereocenters. The molecule has 3 heteroatoms. The molecule has 0 amide bonds. The lowest BCUT2D eigenvalue weighted by Crippen LogP contribution is -2.11. The van der Waals surface area contributed by atoms with Crippen LogP contribution in [0.2, 0.25) is 0 Å². The van der Waals surface area contributed by atoms with Crippen LogP contribution in [0.5, 0.6) is 0 Å². The molecule has 3 rings (SSSR count). The molecule has 0 bridgehead atoms. The van der Waals surface area contributed by atoms with Crippen LogP contribution in [0.3, 0.4) is 0 Å². The molecule has 2 aromatic rings. The summed E-state index contributed by atoms with van der Waals surface area (Å²) in [6.07, 6.45) is 3.92. The van der Waals surface area contributed by atoms with Gasteiger partial charge in [0.1, 0.15) is 5.82 Å². The third-order valence-electron chi connectivity index (χ3n) is 4.32. The third-order valence-corrected chi connectivity index (χ3v) is 4.32. The van der Waals surface area contributed by atoms with Crippen LogP contribution >= 0.6 is 0 Å². The van der Waals surface area contributed by atoms with E-state index in [-0.39, 0.29) is 0 Å². The van der Waals surface area contributed by atoms with Crippen LogP contribution in [0.25, 0.3) is 11.3 Å². The number of aromatic nitrogens is 2. The van der Waals surface area contributed by atoms with Crippen LogP contribution in [-0.4, -0.2) is 10.2 Å². The van der Waals surface area contributed by atoms with Gasteiger partial charge >= 0.3 is 0 Å². The molecule has 3 nitrogen and oxygen atoms in total. The highest BCUT2D eigenvalue weighted by atomic mass is 15.1. The summed E-state index contributed by atoms with van der Waals surface area (Å²) >= 11 is 0. The van der Waals surface area contributed by atoms with E-state index in [1.807, 2.05) is 6.92 Å². The molecular weight excluding hydrogens is 234 g/mol. The number of anilines is 1. The number of benzene rings is 1. The Bertz CT molecular complexity index is 615. The lowest BCUT2D eigenvalue weighted by molar-refractivity contribution is 0.420. The topological polar surface area (TPSA) is 51.8 Å². The van der Waals surface area contributed by atoms with E-state index in [0.717, 1.165) is 16.8 Å². The molecular formula is C16H19N3. The average molecular weight is 253 g/mol. The van der Waals surface area contributed by atoms with Gasteiger partial charge in [-0.15, -0.1) is 10.2 Å². The highest BCUT2D eigenvalue weighted by molar-refractivity contribution is 5.69. The Balaban J connectivity index is 2.14. The molecule has 1 fully saturated rings. The molecule has 0 radical (unpaired) electrons. The van der Waals surface area contributed by atoms with Crippen LogP contribution in [0.15, 0.2) is 24.3 Å². The van der Waals surface area contributed by atoms with Gasteiger partial charge in [0.25, 0.3) is 0 Å². The molecule has 2 N–H and O–H groups in total. The summed E-state index contributed by atoms with van der Waals surface area (Å²) in [5, 5.41) is 8.42. The summed E-state index contributed by atoms with van der Waals surface area (Å²) in [5.74, 6) is 1.22. The predicted octanol–water partition coefficient (Wildman–Crippen LogP) is 3.61. The second-order valence-corrected chi connectivity index (χ2v) is 5.40. The lowest BCUT2D eigenvalue weighted by Gasteiger charge is -2.28. The minimum absolute atomic E-state index is 0.530. The molecule has 0 saturated heterocycles. The van der Waals surface area contributed by atoms with Crippen molar-refractivity contribution in [2.75, 3.05) is 5.73 Å². The van der Waals surface area contributed by atoms with E-state index in [2.05, 4.69) is 41.4 Å². The summed E-state index contributed by atoms with van der Waals surface area (Å²) in [5.41, 5.74) is 11.6. The van der Waals surface area contributed by atoms with Gasteiger partial charge in [-0.25, -0.2) is 0 Å². The van der Waals surface area contributed by atoms with E-state index in [0.29, 0.717) is 11.7 Å². The number of nitrogens with zero attached hydrogens (tertiary/aromatic N) is 2. The van der Waals surface area contributed by atoms with Gasteiger partial charge in [0, 0.05) is 5.56 Å². The number of nitrogen functional groups attached to an aromatic ring is 1. The van der Waals surface area contributed by atoms with Crippen molar-refractivity contribution in [2.45, 2.75) is 39.0 Å². The number of nitrogens with two attached hydrogens (primary N) is 1. The summed E-state index contributed by atoms with van der Waals surface area (Å²) in [7, 11) is 0. The monoisotopic (exact) mass is 253 g/mol. The van der Waals surface area contributed by atoms with Gasteiger partial charge in [-0.2, -0.15) is 0 Å². The Kier molecular flexibility index (Phi) is 2.97. The summed E-state index contributed by atoms with van der Waals surface area (Å²) in [6.45, 7) is 4.09. The Morgan fingerprint density at radius 3 is 2.47 bits per heavy atom. The molecule has 0 aliphatic heterocycles. The smallest absolute Gasteiger partial charge is 0.149 e. The molecule has 1 aliphatic rings. The van der Waals surface area contributed by atoms with E-state index in [1.165, 1.54) is 30.4 Å². The van der Waals surface area contributed by atoms with E-state index < -0.39 is 0 Å². The largest absolute Gasteiger partial charge is 0.382 e. The van der Waals surface area contributed by atoms with Crippen molar-refractivity contribution in [3.05, 3.63) is 41.0 Å². The van der Waals surface area contributed by atoms with E-state index in [1.54, 1.807) is 0 Å². The van der Waals surface area contributed by atoms with E-state index >= 15 is 0 Å². The van der Waals surface area contributed by atoms with Crippen molar-refractivity contribution in [1.29, 1.82) is 0 Å². The minimum Gasteiger partial charge on any atom is -0.382 e. The lowest BCUT2D eigenvalue weighted by atomic mass is 9.77. The van der Waals surface area contributed by atoms with Gasteiger partial charge in [-0.05, 0) is 49.3 Å². The van der Waals surface area contributed by atoms with E-state index in [4.69, 9.17) is 5.73 Å².